The van der Waals surface area contributed by atoms with Crippen LogP contribution in [0.4, 0.5) is 13.2 Å². The average molecular weight is 430 g/mol. The summed E-state index contributed by atoms with van der Waals surface area (Å²) in [5.74, 6) is 1.43. The lowest BCUT2D eigenvalue weighted by Crippen LogP contribution is -2.20. The predicted octanol–water partition coefficient (Wildman–Crippen LogP) is 4.43. The Morgan fingerprint density at radius 2 is 1.84 bits per heavy atom. The Labute approximate surface area is 175 Å². The Morgan fingerprint density at radius 1 is 1.03 bits per heavy atom. The molecule has 1 aliphatic rings. The predicted molar refractivity (Wildman–Crippen MR) is 106 cm³/mol. The van der Waals surface area contributed by atoms with Crippen molar-refractivity contribution in [1.82, 2.24) is 5.43 Å². The maximum Gasteiger partial charge on any atom is 0.416 e. The molecule has 2 aromatic carbocycles. The van der Waals surface area contributed by atoms with Gasteiger partial charge in [-0.2, -0.15) is 18.3 Å². The lowest BCUT2D eigenvalue weighted by atomic mass is 10.1. The molecule has 0 fully saturated rings. The molecule has 4 rings (SSSR count). The maximum atomic E-state index is 12.9. The zero-order valence-electron chi connectivity index (χ0n) is 16.1. The standard InChI is InChI=1S/C22H17F3N2O4/c23-22(24,25)16-3-1-2-15(12-16)18-7-5-17(31-18)13-26-27-21(28)11-14-4-6-19-20(10-14)30-9-8-29-19/h1-7,10,12-13H,8-9,11H2,(H,27,28)/b26-13-. The molecule has 0 bridgehead atoms. The summed E-state index contributed by atoms with van der Waals surface area (Å²) in [6.07, 6.45) is -3.07. The molecule has 9 heteroatoms. The highest BCUT2D eigenvalue weighted by atomic mass is 19.4. The number of nitrogens with one attached hydrogen (secondary N) is 1. The van der Waals surface area contributed by atoms with Crippen LogP contribution >= 0.6 is 0 Å². The van der Waals surface area contributed by atoms with Crippen LogP contribution in [0.2, 0.25) is 0 Å². The Bertz CT molecular complexity index is 1120. The van der Waals surface area contributed by atoms with Gasteiger partial charge in [0.2, 0.25) is 5.91 Å². The number of fused-ring (bicyclic) bond motifs is 1. The molecule has 0 saturated carbocycles. The molecule has 1 aliphatic heterocycles. The van der Waals surface area contributed by atoms with Gasteiger partial charge in [0.25, 0.3) is 0 Å². The van der Waals surface area contributed by atoms with Gasteiger partial charge in [-0.15, -0.1) is 0 Å². The van der Waals surface area contributed by atoms with Crippen LogP contribution < -0.4 is 14.9 Å². The van der Waals surface area contributed by atoms with Crippen LogP contribution in [0, 0.1) is 0 Å². The van der Waals surface area contributed by atoms with Crippen LogP contribution in [-0.2, 0) is 17.4 Å². The normalized spacial score (nSPS) is 13.4. The van der Waals surface area contributed by atoms with Crippen molar-refractivity contribution in [3.63, 3.8) is 0 Å². The largest absolute Gasteiger partial charge is 0.486 e. The third-order valence-corrected chi connectivity index (χ3v) is 4.45. The van der Waals surface area contributed by atoms with Crippen molar-refractivity contribution in [3.8, 4) is 22.8 Å². The summed E-state index contributed by atoms with van der Waals surface area (Å²) in [4.78, 5) is 12.1. The molecular formula is C22H17F3N2O4. The number of rotatable bonds is 5. The van der Waals surface area contributed by atoms with E-state index in [1.165, 1.54) is 24.4 Å². The van der Waals surface area contributed by atoms with E-state index in [2.05, 4.69) is 10.5 Å². The second-order valence-electron chi connectivity index (χ2n) is 6.73. The highest BCUT2D eigenvalue weighted by Gasteiger charge is 2.30. The van der Waals surface area contributed by atoms with E-state index >= 15 is 0 Å². The number of alkyl halides is 3. The maximum absolute atomic E-state index is 12.9. The Hall–Kier alpha value is -3.75. The van der Waals surface area contributed by atoms with Crippen LogP contribution in [0.3, 0.4) is 0 Å². The van der Waals surface area contributed by atoms with Crippen LogP contribution in [0.1, 0.15) is 16.9 Å². The number of hydrogen-bond acceptors (Lipinski definition) is 5. The molecule has 31 heavy (non-hydrogen) atoms. The number of hydrogen-bond donors (Lipinski definition) is 1. The number of ether oxygens (including phenoxy) is 2. The van der Waals surface area contributed by atoms with Crippen LogP contribution in [0.5, 0.6) is 11.5 Å². The molecule has 3 aromatic rings. The lowest BCUT2D eigenvalue weighted by Gasteiger charge is -2.18. The van der Waals surface area contributed by atoms with Gasteiger partial charge in [-0.05, 0) is 42.0 Å². The molecule has 1 amide bonds. The quantitative estimate of drug-likeness (QED) is 0.480. The van der Waals surface area contributed by atoms with E-state index < -0.39 is 11.7 Å². The van der Waals surface area contributed by atoms with Crippen molar-refractivity contribution in [1.29, 1.82) is 0 Å². The molecule has 2 heterocycles. The highest BCUT2D eigenvalue weighted by molar-refractivity contribution is 5.82. The summed E-state index contributed by atoms with van der Waals surface area (Å²) in [6, 6.07) is 13.2. The zero-order chi connectivity index (χ0) is 21.8. The molecule has 1 aromatic heterocycles. The first kappa shape index (κ1) is 20.5. The number of benzene rings is 2. The van der Waals surface area contributed by atoms with E-state index in [4.69, 9.17) is 13.9 Å². The van der Waals surface area contributed by atoms with Crippen molar-refractivity contribution in [2.75, 3.05) is 13.2 Å². The molecule has 0 aliphatic carbocycles. The van der Waals surface area contributed by atoms with Crippen molar-refractivity contribution < 1.29 is 31.9 Å². The third kappa shape index (κ3) is 5.06. The van der Waals surface area contributed by atoms with Gasteiger partial charge in [0.1, 0.15) is 24.7 Å². The first-order valence-corrected chi connectivity index (χ1v) is 9.36. The van der Waals surface area contributed by atoms with E-state index in [1.807, 2.05) is 0 Å². The van der Waals surface area contributed by atoms with Gasteiger partial charge in [-0.3, -0.25) is 4.79 Å². The highest BCUT2D eigenvalue weighted by Crippen LogP contribution is 2.33. The molecular weight excluding hydrogens is 413 g/mol. The molecule has 0 radical (unpaired) electrons. The van der Waals surface area contributed by atoms with Gasteiger partial charge in [0.05, 0.1) is 18.2 Å². The molecule has 160 valence electrons. The fourth-order valence-electron chi connectivity index (χ4n) is 3.02. The van der Waals surface area contributed by atoms with Crippen molar-refractivity contribution in [2.45, 2.75) is 12.6 Å². The van der Waals surface area contributed by atoms with Crippen molar-refractivity contribution in [2.24, 2.45) is 5.10 Å². The van der Waals surface area contributed by atoms with E-state index in [0.717, 1.165) is 17.7 Å². The topological polar surface area (TPSA) is 73.1 Å². The van der Waals surface area contributed by atoms with Gasteiger partial charge >= 0.3 is 6.18 Å². The second-order valence-corrected chi connectivity index (χ2v) is 6.73. The van der Waals surface area contributed by atoms with Gasteiger partial charge in [0.15, 0.2) is 11.5 Å². The minimum Gasteiger partial charge on any atom is -0.486 e. The number of nitrogens with zero attached hydrogens (tertiary/aromatic N) is 1. The summed E-state index contributed by atoms with van der Waals surface area (Å²) < 4.78 is 55.0. The number of carbonyl (C=O) groups excluding carboxylic acids is 1. The van der Waals surface area contributed by atoms with Gasteiger partial charge in [-0.1, -0.05) is 18.2 Å². The summed E-state index contributed by atoms with van der Waals surface area (Å²) >= 11 is 0. The van der Waals surface area contributed by atoms with E-state index in [-0.39, 0.29) is 29.4 Å². The van der Waals surface area contributed by atoms with E-state index in [9.17, 15) is 18.0 Å². The average Bonchev–Trinajstić information content (AvgIpc) is 3.22. The Morgan fingerprint density at radius 3 is 2.65 bits per heavy atom. The third-order valence-electron chi connectivity index (χ3n) is 4.45. The fraction of sp³-hybridized carbons (Fsp3) is 0.182. The Kier molecular flexibility index (Phi) is 5.66. The summed E-state index contributed by atoms with van der Waals surface area (Å²) in [5.41, 5.74) is 2.65. The number of amides is 1. The zero-order valence-corrected chi connectivity index (χ0v) is 16.1. The lowest BCUT2D eigenvalue weighted by molar-refractivity contribution is -0.137. The first-order chi connectivity index (χ1) is 14.9. The first-order valence-electron chi connectivity index (χ1n) is 9.36. The van der Waals surface area contributed by atoms with Gasteiger partial charge in [0, 0.05) is 5.56 Å². The molecule has 1 N–H and O–H groups in total. The van der Waals surface area contributed by atoms with Gasteiger partial charge < -0.3 is 13.9 Å². The molecule has 6 nitrogen and oxygen atoms in total. The number of halogens is 3. The van der Waals surface area contributed by atoms with Crippen molar-refractivity contribution in [3.05, 3.63) is 71.5 Å². The van der Waals surface area contributed by atoms with E-state index in [0.29, 0.717) is 24.7 Å². The SMILES string of the molecule is O=C(Cc1ccc2c(c1)OCCO2)N/N=C\c1ccc(-c2cccc(C(F)(F)F)c2)o1. The second kappa shape index (κ2) is 8.55. The van der Waals surface area contributed by atoms with Crippen molar-refractivity contribution >= 4 is 12.1 Å². The Balaban J connectivity index is 1.36. The number of hydrazone groups is 1. The molecule has 0 unspecified atom stereocenters. The minimum atomic E-state index is -4.44. The molecule has 0 spiro atoms. The summed E-state index contributed by atoms with van der Waals surface area (Å²) in [5, 5.41) is 3.83. The van der Waals surface area contributed by atoms with E-state index in [1.54, 1.807) is 24.3 Å². The number of furan rings is 1. The summed E-state index contributed by atoms with van der Waals surface area (Å²) in [7, 11) is 0. The minimum absolute atomic E-state index is 0.0849. The van der Waals surface area contributed by atoms with Crippen LogP contribution in [0.25, 0.3) is 11.3 Å². The van der Waals surface area contributed by atoms with Gasteiger partial charge in [-0.25, -0.2) is 5.43 Å². The molecule has 0 atom stereocenters. The fourth-order valence-corrected chi connectivity index (χ4v) is 3.02. The summed E-state index contributed by atoms with van der Waals surface area (Å²) in [6.45, 7) is 0.947. The number of carbonyl (C=O) groups is 1. The smallest absolute Gasteiger partial charge is 0.416 e. The van der Waals surface area contributed by atoms with Crippen LogP contribution in [-0.4, -0.2) is 25.3 Å². The van der Waals surface area contributed by atoms with Crippen LogP contribution in [0.15, 0.2) is 64.1 Å². The monoisotopic (exact) mass is 430 g/mol. The molecule has 0 saturated heterocycles.